The van der Waals surface area contributed by atoms with Crippen LogP contribution in [-0.2, 0) is 0 Å². The van der Waals surface area contributed by atoms with Gasteiger partial charge in [0, 0.05) is 13.8 Å². The van der Waals surface area contributed by atoms with Crippen molar-refractivity contribution in [1.29, 1.82) is 0 Å². The Kier molecular flexibility index (Phi) is 1.68. The molecule has 1 atom stereocenters. The molecule has 1 unspecified atom stereocenters. The number of hydrogen-bond acceptors (Lipinski definition) is 2. The summed E-state index contributed by atoms with van der Waals surface area (Å²) in [6.07, 6.45) is 0. The number of hydroxylamine groups is 3. The van der Waals surface area contributed by atoms with Crippen molar-refractivity contribution in [3.05, 3.63) is 5.21 Å². The van der Waals surface area contributed by atoms with Crippen molar-refractivity contribution in [2.24, 2.45) is 4.99 Å². The van der Waals surface area contributed by atoms with Gasteiger partial charge in [0.2, 0.25) is 0 Å². The topological polar surface area (TPSA) is 35.4 Å². The molecule has 0 N–H and O–H groups in total. The van der Waals surface area contributed by atoms with Crippen LogP contribution in [0.1, 0.15) is 34.6 Å². The number of nitrogens with zero attached hydrogens (tertiary/aromatic N) is 2. The van der Waals surface area contributed by atoms with Gasteiger partial charge in [0.1, 0.15) is 5.54 Å². The monoisotopic (exact) mass is 170 g/mol. The molecule has 1 aliphatic heterocycles. The molecule has 1 rings (SSSR count). The summed E-state index contributed by atoms with van der Waals surface area (Å²) in [5, 5.41) is 12.2. The van der Waals surface area contributed by atoms with Gasteiger partial charge in [-0.3, -0.25) is 0 Å². The molecule has 1 aliphatic rings. The van der Waals surface area contributed by atoms with E-state index in [4.69, 9.17) is 0 Å². The van der Waals surface area contributed by atoms with Crippen LogP contribution in [0.4, 0.5) is 0 Å². The third-order valence-electron chi connectivity index (χ3n) is 3.44. The van der Waals surface area contributed by atoms with Crippen molar-refractivity contribution < 1.29 is 4.65 Å². The summed E-state index contributed by atoms with van der Waals surface area (Å²) in [4.78, 5) is 4.40. The Labute approximate surface area is 74.3 Å². The summed E-state index contributed by atoms with van der Waals surface area (Å²) in [5.74, 6) is 0. The number of quaternary nitrogens is 1. The molecule has 0 aromatic carbocycles. The van der Waals surface area contributed by atoms with E-state index in [0.717, 1.165) is 5.71 Å². The highest BCUT2D eigenvalue weighted by atomic mass is 16.6. The lowest BCUT2D eigenvalue weighted by Crippen LogP contribution is -2.62. The van der Waals surface area contributed by atoms with Crippen LogP contribution in [0.2, 0.25) is 0 Å². The van der Waals surface area contributed by atoms with Crippen molar-refractivity contribution >= 4 is 5.71 Å². The maximum atomic E-state index is 12.2. The maximum absolute atomic E-state index is 12.2. The van der Waals surface area contributed by atoms with Crippen LogP contribution < -0.4 is 0 Å². The Morgan fingerprint density at radius 3 is 1.75 bits per heavy atom. The van der Waals surface area contributed by atoms with Crippen LogP contribution in [0.15, 0.2) is 4.99 Å². The second-order valence-electron chi connectivity index (χ2n) is 4.67. The molecule has 70 valence electrons. The minimum atomic E-state index is -0.534. The lowest BCUT2D eigenvalue weighted by molar-refractivity contribution is -0.936. The van der Waals surface area contributed by atoms with Crippen molar-refractivity contribution in [1.82, 2.24) is 0 Å². The zero-order valence-corrected chi connectivity index (χ0v) is 8.80. The molecule has 0 bridgehead atoms. The van der Waals surface area contributed by atoms with Gasteiger partial charge < -0.3 is 9.85 Å². The average Bonchev–Trinajstić information content (AvgIpc) is 1.92. The Balaban J connectivity index is 3.22. The van der Waals surface area contributed by atoms with Crippen molar-refractivity contribution in [2.45, 2.75) is 45.8 Å². The maximum Gasteiger partial charge on any atom is 0.187 e. The van der Waals surface area contributed by atoms with E-state index >= 15 is 0 Å². The summed E-state index contributed by atoms with van der Waals surface area (Å²) in [5.41, 5.74) is 0.0295. The number of aliphatic imine (C=N–C) groups is 1. The third-order valence-corrected chi connectivity index (χ3v) is 3.44. The Bertz CT molecular complexity index is 239. The fourth-order valence-corrected chi connectivity index (χ4v) is 1.64. The van der Waals surface area contributed by atoms with E-state index in [0.29, 0.717) is 0 Å². The second kappa shape index (κ2) is 2.09. The first-order valence-corrected chi connectivity index (χ1v) is 4.27. The molecule has 0 saturated heterocycles. The van der Waals surface area contributed by atoms with E-state index in [-0.39, 0.29) is 10.2 Å². The quantitative estimate of drug-likeness (QED) is 0.404. The molecule has 0 aromatic rings. The summed E-state index contributed by atoms with van der Waals surface area (Å²) in [6.45, 7) is 9.61. The summed E-state index contributed by atoms with van der Waals surface area (Å²) >= 11 is 0. The van der Waals surface area contributed by atoms with Gasteiger partial charge in [-0.05, 0) is 20.8 Å². The van der Waals surface area contributed by atoms with Gasteiger partial charge in [0.25, 0.3) is 0 Å². The third kappa shape index (κ3) is 0.866. The van der Waals surface area contributed by atoms with E-state index in [2.05, 4.69) is 4.99 Å². The molecule has 0 amide bonds. The Morgan fingerprint density at radius 1 is 1.25 bits per heavy atom. The van der Waals surface area contributed by atoms with Crippen LogP contribution in [0.3, 0.4) is 0 Å². The summed E-state index contributed by atoms with van der Waals surface area (Å²) in [7, 11) is 1.69. The van der Waals surface area contributed by atoms with E-state index < -0.39 is 5.66 Å². The smallest absolute Gasteiger partial charge is 0.187 e. The molecule has 3 heteroatoms. The number of rotatable bonds is 0. The van der Waals surface area contributed by atoms with E-state index in [1.165, 1.54) is 0 Å². The minimum absolute atomic E-state index is 0.314. The number of hydrogen-bond donors (Lipinski definition) is 0. The molecular weight excluding hydrogens is 152 g/mol. The predicted octanol–water partition coefficient (Wildman–Crippen LogP) is 1.92. The van der Waals surface area contributed by atoms with Crippen LogP contribution >= 0.6 is 0 Å². The van der Waals surface area contributed by atoms with Crippen LogP contribution in [0.25, 0.3) is 0 Å². The fraction of sp³-hybridized carbons (Fsp3) is 0.889. The van der Waals surface area contributed by atoms with Gasteiger partial charge in [0.05, 0.1) is 12.8 Å². The summed E-state index contributed by atoms with van der Waals surface area (Å²) in [6, 6.07) is 0. The largest absolute Gasteiger partial charge is 0.631 e. The minimum Gasteiger partial charge on any atom is -0.631 e. The molecule has 1 heterocycles. The van der Waals surface area contributed by atoms with Gasteiger partial charge in [-0.15, -0.1) is 0 Å². The molecule has 0 fully saturated rings. The van der Waals surface area contributed by atoms with E-state index in [1.54, 1.807) is 7.05 Å². The van der Waals surface area contributed by atoms with E-state index in [9.17, 15) is 5.21 Å². The molecular formula is C9H18N2O. The zero-order chi connectivity index (χ0) is 9.78. The first-order chi connectivity index (χ1) is 5.13. The normalized spacial score (nSPS) is 38.1. The average molecular weight is 170 g/mol. The van der Waals surface area contributed by atoms with E-state index in [1.807, 2.05) is 34.6 Å². The van der Waals surface area contributed by atoms with Crippen molar-refractivity contribution in [2.75, 3.05) is 7.05 Å². The van der Waals surface area contributed by atoms with Crippen LogP contribution in [0.5, 0.6) is 0 Å². The molecule has 12 heavy (non-hydrogen) atoms. The first-order valence-electron chi connectivity index (χ1n) is 4.27. The molecule has 0 aromatic heterocycles. The highest BCUT2D eigenvalue weighted by molar-refractivity contribution is 5.91. The zero-order valence-electron chi connectivity index (χ0n) is 8.80. The Morgan fingerprint density at radius 2 is 1.67 bits per heavy atom. The SMILES string of the molecule is CC1=NC(C)(C)[N+](C)([O-])C1(C)C. The van der Waals surface area contributed by atoms with Gasteiger partial charge >= 0.3 is 0 Å². The summed E-state index contributed by atoms with van der Waals surface area (Å²) < 4.78 is -0.314. The van der Waals surface area contributed by atoms with Gasteiger partial charge in [-0.2, -0.15) is 0 Å². The van der Waals surface area contributed by atoms with Gasteiger partial charge in [-0.25, -0.2) is 4.99 Å². The van der Waals surface area contributed by atoms with Crippen molar-refractivity contribution in [3.63, 3.8) is 0 Å². The van der Waals surface area contributed by atoms with Crippen molar-refractivity contribution in [3.8, 4) is 0 Å². The lowest BCUT2D eigenvalue weighted by Gasteiger charge is -2.53. The fourth-order valence-electron chi connectivity index (χ4n) is 1.64. The lowest BCUT2D eigenvalue weighted by atomic mass is 9.97. The predicted molar refractivity (Wildman–Crippen MR) is 50.8 cm³/mol. The molecule has 0 spiro atoms. The highest BCUT2D eigenvalue weighted by Gasteiger charge is 2.52. The van der Waals surface area contributed by atoms with Crippen LogP contribution in [0, 0.1) is 5.21 Å². The van der Waals surface area contributed by atoms with Gasteiger partial charge in [0.15, 0.2) is 5.66 Å². The van der Waals surface area contributed by atoms with Crippen LogP contribution in [-0.4, -0.2) is 28.6 Å². The van der Waals surface area contributed by atoms with Gasteiger partial charge in [-0.1, -0.05) is 0 Å². The second-order valence-corrected chi connectivity index (χ2v) is 4.67. The molecule has 0 saturated carbocycles. The standard InChI is InChI=1S/C9H18N2O/c1-7-8(2,3)11(6,12)9(4,5)10-7/h1-6H3. The molecule has 3 nitrogen and oxygen atoms in total. The highest BCUT2D eigenvalue weighted by Crippen LogP contribution is 2.40. The first kappa shape index (κ1) is 9.68. The molecule has 0 aliphatic carbocycles. The Hall–Kier alpha value is -0.410. The molecule has 0 radical (unpaired) electrons.